The van der Waals surface area contributed by atoms with Gasteiger partial charge in [-0.2, -0.15) is 0 Å². The Hall–Kier alpha value is -2.67. The largest absolute Gasteiger partial charge is 0.340 e. The summed E-state index contributed by atoms with van der Waals surface area (Å²) in [6, 6.07) is 8.39. The maximum Gasteiger partial charge on any atom is 0.279 e. The van der Waals surface area contributed by atoms with Gasteiger partial charge in [-0.25, -0.2) is 0 Å². The lowest BCUT2D eigenvalue weighted by Crippen LogP contribution is -2.54. The summed E-state index contributed by atoms with van der Waals surface area (Å²) in [5.74, 6) is -1.23. The Morgan fingerprint density at radius 1 is 0.967 bits per heavy atom. The van der Waals surface area contributed by atoms with E-state index in [9.17, 15) is 14.4 Å². The average Bonchev–Trinajstić information content (AvgIpc) is 3.00. The van der Waals surface area contributed by atoms with Crippen molar-refractivity contribution in [2.75, 3.05) is 0 Å². The van der Waals surface area contributed by atoms with E-state index in [0.717, 1.165) is 31.2 Å². The van der Waals surface area contributed by atoms with Gasteiger partial charge in [-0.3, -0.25) is 25.2 Å². The second-order valence-electron chi connectivity index (χ2n) is 8.07. The number of hydrogen-bond acceptors (Lipinski definition) is 4. The van der Waals surface area contributed by atoms with Crippen LogP contribution in [0.25, 0.3) is 0 Å². The average molecular weight is 428 g/mol. The summed E-state index contributed by atoms with van der Waals surface area (Å²) in [4.78, 5) is 39.7. The van der Waals surface area contributed by atoms with Crippen molar-refractivity contribution in [1.82, 2.24) is 16.2 Å². The molecule has 0 bridgehead atoms. The molecule has 1 atom stereocenters. The first-order valence-corrected chi connectivity index (χ1v) is 11.3. The number of fused-ring (bicyclic) bond motifs is 1. The number of carbonyl (C=O) groups is 3. The van der Waals surface area contributed by atoms with Crippen LogP contribution in [0, 0.1) is 12.8 Å². The Morgan fingerprint density at radius 2 is 1.70 bits per heavy atom. The molecule has 0 radical (unpaired) electrons. The topological polar surface area (TPSA) is 87.3 Å². The van der Waals surface area contributed by atoms with Crippen LogP contribution in [0.15, 0.2) is 30.3 Å². The highest BCUT2D eigenvalue weighted by Gasteiger charge is 2.26. The van der Waals surface area contributed by atoms with Crippen molar-refractivity contribution >= 4 is 29.1 Å². The van der Waals surface area contributed by atoms with Crippen molar-refractivity contribution in [3.63, 3.8) is 0 Å². The number of carbonyl (C=O) groups excluding carboxylic acids is 3. The molecule has 0 unspecified atom stereocenters. The van der Waals surface area contributed by atoms with Crippen LogP contribution in [-0.4, -0.2) is 23.8 Å². The molecule has 7 heteroatoms. The molecule has 1 heterocycles. The summed E-state index contributed by atoms with van der Waals surface area (Å²) in [7, 11) is 0. The predicted molar refractivity (Wildman–Crippen MR) is 118 cm³/mol. The number of hydrazine groups is 1. The van der Waals surface area contributed by atoms with Crippen molar-refractivity contribution in [3.8, 4) is 0 Å². The van der Waals surface area contributed by atoms with Gasteiger partial charge in [-0.1, -0.05) is 38.5 Å². The minimum atomic E-state index is -0.766. The van der Waals surface area contributed by atoms with E-state index in [1.807, 2.05) is 39.0 Å². The highest BCUT2D eigenvalue weighted by molar-refractivity contribution is 7.14. The lowest BCUT2D eigenvalue weighted by molar-refractivity contribution is -0.124. The number of nitrogens with one attached hydrogen (secondary N) is 3. The van der Waals surface area contributed by atoms with Gasteiger partial charge in [-0.15, -0.1) is 11.3 Å². The molecule has 0 spiro atoms. The van der Waals surface area contributed by atoms with E-state index >= 15 is 0 Å². The molecular formula is C23H29N3O3S. The number of amides is 3. The Labute approximate surface area is 181 Å². The summed E-state index contributed by atoms with van der Waals surface area (Å²) in [6.07, 6.45) is 5.55. The van der Waals surface area contributed by atoms with Crippen LogP contribution >= 0.6 is 11.3 Å². The third-order valence-corrected chi connectivity index (χ3v) is 6.63. The van der Waals surface area contributed by atoms with Gasteiger partial charge in [0.1, 0.15) is 6.04 Å². The summed E-state index contributed by atoms with van der Waals surface area (Å²) in [5, 5.41) is 2.78. The monoisotopic (exact) mass is 427 g/mol. The van der Waals surface area contributed by atoms with Crippen molar-refractivity contribution < 1.29 is 14.4 Å². The summed E-state index contributed by atoms with van der Waals surface area (Å²) in [5.41, 5.74) is 7.60. The van der Waals surface area contributed by atoms with Gasteiger partial charge in [-0.05, 0) is 61.8 Å². The van der Waals surface area contributed by atoms with Crippen LogP contribution in [-0.2, 0) is 17.6 Å². The molecule has 1 aliphatic carbocycles. The van der Waals surface area contributed by atoms with Crippen LogP contribution < -0.4 is 16.2 Å². The zero-order valence-electron chi connectivity index (χ0n) is 17.7. The number of aryl methyl sites for hydroxylation is 3. The minimum Gasteiger partial charge on any atom is -0.340 e. The van der Waals surface area contributed by atoms with Gasteiger partial charge in [0.25, 0.3) is 17.7 Å². The van der Waals surface area contributed by atoms with Gasteiger partial charge in [0.05, 0.1) is 4.88 Å². The highest BCUT2D eigenvalue weighted by atomic mass is 32.1. The lowest BCUT2D eigenvalue weighted by Gasteiger charge is -2.22. The van der Waals surface area contributed by atoms with Crippen molar-refractivity contribution in [1.29, 1.82) is 0 Å². The Bertz CT molecular complexity index is 912. The third kappa shape index (κ3) is 5.27. The van der Waals surface area contributed by atoms with Crippen LogP contribution in [0.5, 0.6) is 0 Å². The fourth-order valence-corrected chi connectivity index (χ4v) is 4.77. The smallest absolute Gasteiger partial charge is 0.279 e. The van der Waals surface area contributed by atoms with E-state index in [4.69, 9.17) is 0 Å². The molecule has 160 valence electrons. The second kappa shape index (κ2) is 9.89. The maximum absolute atomic E-state index is 12.7. The van der Waals surface area contributed by atoms with Crippen LogP contribution in [0.3, 0.4) is 0 Å². The minimum absolute atomic E-state index is 0.146. The molecular weight excluding hydrogens is 398 g/mol. The first-order valence-electron chi connectivity index (χ1n) is 10.4. The quantitative estimate of drug-likeness (QED) is 0.504. The fourth-order valence-electron chi connectivity index (χ4n) is 3.62. The number of rotatable bonds is 5. The van der Waals surface area contributed by atoms with E-state index in [0.29, 0.717) is 10.4 Å². The third-order valence-electron chi connectivity index (χ3n) is 5.40. The Kier molecular flexibility index (Phi) is 7.26. The molecule has 0 fully saturated rings. The standard InChI is InChI=1S/C23H29N3O3S/c1-14(2)20(24-21(27)17-11-8-7-9-15(17)3)23(29)26-25-22(28)19-13-16-10-5-4-6-12-18(16)30-19/h7-9,11,13-14,20H,4-6,10,12H2,1-3H3,(H,24,27)(H,25,28)(H,26,29)/t20-/m0/s1. The van der Waals surface area contributed by atoms with Crippen molar-refractivity contribution in [2.24, 2.45) is 5.92 Å². The lowest BCUT2D eigenvalue weighted by atomic mass is 10.0. The molecule has 2 aromatic rings. The normalized spacial score (nSPS) is 14.4. The van der Waals surface area contributed by atoms with Crippen molar-refractivity contribution in [3.05, 3.63) is 56.8 Å². The summed E-state index contributed by atoms with van der Waals surface area (Å²) >= 11 is 1.50. The van der Waals surface area contributed by atoms with Crippen LogP contribution in [0.2, 0.25) is 0 Å². The SMILES string of the molecule is Cc1ccccc1C(=O)N[C@H](C(=O)NNC(=O)c1cc2c(s1)CCCCC2)C(C)C. The Balaban J connectivity index is 1.60. The number of thiophene rings is 1. The molecule has 3 rings (SSSR count). The summed E-state index contributed by atoms with van der Waals surface area (Å²) in [6.45, 7) is 5.54. The first-order chi connectivity index (χ1) is 14.4. The molecule has 30 heavy (non-hydrogen) atoms. The van der Waals surface area contributed by atoms with Gasteiger partial charge in [0.2, 0.25) is 0 Å². The van der Waals surface area contributed by atoms with Crippen LogP contribution in [0.4, 0.5) is 0 Å². The van der Waals surface area contributed by atoms with E-state index in [-0.39, 0.29) is 17.7 Å². The van der Waals surface area contributed by atoms with E-state index in [1.165, 1.54) is 28.2 Å². The molecule has 0 saturated carbocycles. The predicted octanol–water partition coefficient (Wildman–Crippen LogP) is 3.54. The molecule has 0 aliphatic heterocycles. The van der Waals surface area contributed by atoms with E-state index in [1.54, 1.807) is 12.1 Å². The first kappa shape index (κ1) is 22.0. The molecule has 0 saturated heterocycles. The molecule has 1 aliphatic rings. The van der Waals surface area contributed by atoms with Gasteiger partial charge in [0, 0.05) is 10.4 Å². The maximum atomic E-state index is 12.7. The summed E-state index contributed by atoms with van der Waals surface area (Å²) < 4.78 is 0. The number of hydrogen-bond donors (Lipinski definition) is 3. The molecule has 3 N–H and O–H groups in total. The molecule has 1 aromatic heterocycles. The second-order valence-corrected chi connectivity index (χ2v) is 9.21. The zero-order chi connectivity index (χ0) is 21.7. The molecule has 3 amide bonds. The molecule has 6 nitrogen and oxygen atoms in total. The van der Waals surface area contributed by atoms with E-state index in [2.05, 4.69) is 16.2 Å². The van der Waals surface area contributed by atoms with Gasteiger partial charge >= 0.3 is 0 Å². The van der Waals surface area contributed by atoms with Gasteiger partial charge in [0.15, 0.2) is 0 Å². The fraction of sp³-hybridized carbons (Fsp3) is 0.435. The van der Waals surface area contributed by atoms with Gasteiger partial charge < -0.3 is 5.32 Å². The van der Waals surface area contributed by atoms with Crippen LogP contribution in [0.1, 0.15) is 69.1 Å². The number of benzene rings is 1. The molecule has 1 aromatic carbocycles. The Morgan fingerprint density at radius 3 is 2.43 bits per heavy atom. The van der Waals surface area contributed by atoms with E-state index < -0.39 is 11.9 Å². The zero-order valence-corrected chi connectivity index (χ0v) is 18.5. The van der Waals surface area contributed by atoms with Crippen molar-refractivity contribution in [2.45, 2.75) is 58.9 Å². The highest BCUT2D eigenvalue weighted by Crippen LogP contribution is 2.28.